The highest BCUT2D eigenvalue weighted by molar-refractivity contribution is 6.30. The topological polar surface area (TPSA) is 15.3 Å². The molecule has 0 unspecified atom stereocenters. The van der Waals surface area contributed by atoms with Crippen molar-refractivity contribution in [3.8, 4) is 0 Å². The molecule has 0 saturated carbocycles. The van der Waals surface area contributed by atoms with Crippen LogP contribution >= 0.6 is 11.6 Å². The zero-order valence-electron chi connectivity index (χ0n) is 11.3. The lowest BCUT2D eigenvalue weighted by Crippen LogP contribution is -2.37. The first kappa shape index (κ1) is 12.2. The van der Waals surface area contributed by atoms with Gasteiger partial charge in [-0.15, -0.1) is 0 Å². The van der Waals surface area contributed by atoms with E-state index in [1.807, 2.05) is 6.07 Å². The molecule has 1 N–H and O–H groups in total. The fourth-order valence-corrected chi connectivity index (χ4v) is 3.66. The molecular weight excluding hydrogens is 268 g/mol. The van der Waals surface area contributed by atoms with Crippen molar-refractivity contribution in [3.63, 3.8) is 0 Å². The fraction of sp³-hybridized carbons (Fsp3) is 0.294. The van der Waals surface area contributed by atoms with Gasteiger partial charge in [-0.25, -0.2) is 0 Å². The normalized spacial score (nSPS) is 21.1. The van der Waals surface area contributed by atoms with Crippen LogP contribution in [0.4, 0.5) is 5.69 Å². The summed E-state index contributed by atoms with van der Waals surface area (Å²) in [5, 5.41) is 4.35. The molecule has 0 radical (unpaired) electrons. The van der Waals surface area contributed by atoms with Gasteiger partial charge in [0.05, 0.1) is 6.04 Å². The Labute approximate surface area is 124 Å². The van der Waals surface area contributed by atoms with Crippen molar-refractivity contribution in [2.75, 3.05) is 25.0 Å². The first-order valence-corrected chi connectivity index (χ1v) is 7.56. The van der Waals surface area contributed by atoms with Crippen LogP contribution in [0.2, 0.25) is 5.02 Å². The summed E-state index contributed by atoms with van der Waals surface area (Å²) in [5.41, 5.74) is 5.44. The summed E-state index contributed by atoms with van der Waals surface area (Å²) < 4.78 is 0. The van der Waals surface area contributed by atoms with E-state index >= 15 is 0 Å². The number of anilines is 1. The number of hydrogen-bond donors (Lipinski definition) is 1. The van der Waals surface area contributed by atoms with E-state index < -0.39 is 0 Å². The van der Waals surface area contributed by atoms with Gasteiger partial charge < -0.3 is 5.32 Å². The van der Waals surface area contributed by atoms with Gasteiger partial charge in [0.1, 0.15) is 0 Å². The smallest absolute Gasteiger partial charge is 0.0626 e. The molecule has 0 aromatic heterocycles. The van der Waals surface area contributed by atoms with E-state index in [1.54, 1.807) is 0 Å². The van der Waals surface area contributed by atoms with Crippen LogP contribution in [-0.2, 0) is 6.42 Å². The molecule has 20 heavy (non-hydrogen) atoms. The zero-order chi connectivity index (χ0) is 13.5. The number of nitrogens with one attached hydrogen (secondary N) is 1. The van der Waals surface area contributed by atoms with Crippen molar-refractivity contribution < 1.29 is 0 Å². The zero-order valence-corrected chi connectivity index (χ0v) is 12.0. The van der Waals surface area contributed by atoms with Crippen LogP contribution in [0, 0.1) is 0 Å². The molecule has 2 aliphatic rings. The van der Waals surface area contributed by atoms with E-state index in [2.05, 4.69) is 46.6 Å². The molecule has 2 aromatic rings. The van der Waals surface area contributed by atoms with Crippen molar-refractivity contribution in [1.82, 2.24) is 4.90 Å². The summed E-state index contributed by atoms with van der Waals surface area (Å²) in [6, 6.07) is 15.3. The number of halogens is 1. The molecule has 0 spiro atoms. The molecule has 1 atom stereocenters. The molecule has 2 aromatic carbocycles. The number of nitrogens with zero attached hydrogens (tertiary/aromatic N) is 1. The first-order valence-electron chi connectivity index (χ1n) is 7.18. The Morgan fingerprint density at radius 3 is 2.90 bits per heavy atom. The third-order valence-corrected chi connectivity index (χ3v) is 4.64. The van der Waals surface area contributed by atoms with E-state index in [-0.39, 0.29) is 0 Å². The highest BCUT2D eigenvalue weighted by Crippen LogP contribution is 2.40. The Morgan fingerprint density at radius 2 is 1.95 bits per heavy atom. The van der Waals surface area contributed by atoms with Crippen molar-refractivity contribution in [3.05, 3.63) is 64.2 Å². The van der Waals surface area contributed by atoms with Gasteiger partial charge >= 0.3 is 0 Å². The standard InChI is InChI=1S/C17H17ClN2/c18-13-5-6-16-15(11-13)17-14-4-2-1-3-12(14)7-9-20(17)10-8-19-16/h1-6,11,17,19H,7-10H2/t17-/m0/s1. The number of hydrogen-bond acceptors (Lipinski definition) is 2. The number of fused-ring (bicyclic) bond motifs is 5. The number of rotatable bonds is 0. The minimum absolute atomic E-state index is 0.337. The lowest BCUT2D eigenvalue weighted by atomic mass is 9.88. The van der Waals surface area contributed by atoms with Gasteiger partial charge in [-0.2, -0.15) is 0 Å². The molecule has 0 saturated heterocycles. The van der Waals surface area contributed by atoms with E-state index in [0.717, 1.165) is 31.1 Å². The molecule has 102 valence electrons. The Kier molecular flexibility index (Phi) is 2.94. The van der Waals surface area contributed by atoms with Gasteiger partial charge in [-0.05, 0) is 41.3 Å². The average Bonchev–Trinajstić information content (AvgIpc) is 2.66. The predicted octanol–water partition coefficient (Wildman–Crippen LogP) is 3.71. The molecule has 0 amide bonds. The summed E-state index contributed by atoms with van der Waals surface area (Å²) in [6.45, 7) is 3.19. The quantitative estimate of drug-likeness (QED) is 0.793. The van der Waals surface area contributed by atoms with Crippen molar-refractivity contribution in [1.29, 1.82) is 0 Å². The average molecular weight is 285 g/mol. The Balaban J connectivity index is 1.92. The summed E-state index contributed by atoms with van der Waals surface area (Å²) in [7, 11) is 0. The molecule has 2 heterocycles. The van der Waals surface area contributed by atoms with E-state index in [1.165, 1.54) is 22.4 Å². The second kappa shape index (κ2) is 4.80. The molecule has 0 bridgehead atoms. The van der Waals surface area contributed by atoms with E-state index in [0.29, 0.717) is 6.04 Å². The van der Waals surface area contributed by atoms with Gasteiger partial charge in [-0.1, -0.05) is 35.9 Å². The third-order valence-electron chi connectivity index (χ3n) is 4.41. The number of benzene rings is 2. The van der Waals surface area contributed by atoms with E-state index in [9.17, 15) is 0 Å². The second-order valence-corrected chi connectivity index (χ2v) is 5.98. The Bertz CT molecular complexity index is 653. The Hall–Kier alpha value is -1.51. The van der Waals surface area contributed by atoms with E-state index in [4.69, 9.17) is 11.6 Å². The van der Waals surface area contributed by atoms with Crippen molar-refractivity contribution >= 4 is 17.3 Å². The maximum atomic E-state index is 6.24. The van der Waals surface area contributed by atoms with Crippen LogP contribution in [-0.4, -0.2) is 24.5 Å². The van der Waals surface area contributed by atoms with Crippen LogP contribution in [0.3, 0.4) is 0 Å². The fourth-order valence-electron chi connectivity index (χ4n) is 3.48. The molecule has 4 rings (SSSR count). The summed E-state index contributed by atoms with van der Waals surface area (Å²) >= 11 is 6.24. The van der Waals surface area contributed by atoms with Crippen molar-refractivity contribution in [2.24, 2.45) is 0 Å². The summed E-state index contributed by atoms with van der Waals surface area (Å²) in [4.78, 5) is 2.57. The highest BCUT2D eigenvalue weighted by atomic mass is 35.5. The van der Waals surface area contributed by atoms with Crippen LogP contribution < -0.4 is 5.32 Å². The molecule has 2 aliphatic heterocycles. The van der Waals surface area contributed by atoms with Gasteiger partial charge in [-0.3, -0.25) is 4.90 Å². The van der Waals surface area contributed by atoms with Gasteiger partial charge in [0.2, 0.25) is 0 Å². The molecular formula is C17H17ClN2. The lowest BCUT2D eigenvalue weighted by molar-refractivity contribution is 0.226. The minimum atomic E-state index is 0.337. The van der Waals surface area contributed by atoms with Crippen LogP contribution in [0.25, 0.3) is 0 Å². The molecule has 2 nitrogen and oxygen atoms in total. The third kappa shape index (κ3) is 1.91. The maximum absolute atomic E-state index is 6.24. The molecule has 0 aliphatic carbocycles. The highest BCUT2D eigenvalue weighted by Gasteiger charge is 2.31. The van der Waals surface area contributed by atoms with Gasteiger partial charge in [0.15, 0.2) is 0 Å². The maximum Gasteiger partial charge on any atom is 0.0626 e. The van der Waals surface area contributed by atoms with Crippen LogP contribution in [0.15, 0.2) is 42.5 Å². The van der Waals surface area contributed by atoms with Crippen LogP contribution in [0.5, 0.6) is 0 Å². The van der Waals surface area contributed by atoms with Crippen LogP contribution in [0.1, 0.15) is 22.7 Å². The SMILES string of the molecule is Clc1ccc2c(c1)[C@@H]1c3ccccc3CCN1CCN2. The predicted molar refractivity (Wildman–Crippen MR) is 83.5 cm³/mol. The van der Waals surface area contributed by atoms with Gasteiger partial charge in [0, 0.05) is 30.3 Å². The summed E-state index contributed by atoms with van der Waals surface area (Å²) in [6.07, 6.45) is 1.14. The molecule has 3 heteroatoms. The first-order chi connectivity index (χ1) is 9.83. The van der Waals surface area contributed by atoms with Gasteiger partial charge in [0.25, 0.3) is 0 Å². The lowest BCUT2D eigenvalue weighted by Gasteiger charge is -2.36. The largest absolute Gasteiger partial charge is 0.383 e. The summed E-state index contributed by atoms with van der Waals surface area (Å²) in [5.74, 6) is 0. The monoisotopic (exact) mass is 284 g/mol. The molecule has 0 fully saturated rings. The Morgan fingerprint density at radius 1 is 1.05 bits per heavy atom. The minimum Gasteiger partial charge on any atom is -0.383 e. The van der Waals surface area contributed by atoms with Crippen molar-refractivity contribution in [2.45, 2.75) is 12.5 Å². The second-order valence-electron chi connectivity index (χ2n) is 5.55.